The molecule has 8 nitrogen and oxygen atoms in total. The van der Waals surface area contributed by atoms with Crippen molar-refractivity contribution in [1.29, 1.82) is 0 Å². The molecule has 1 unspecified atom stereocenters. The number of methoxy groups -OCH3 is 2. The zero-order valence-corrected chi connectivity index (χ0v) is 24.0. The Balaban J connectivity index is 2.03. The number of nitrogens with zero attached hydrogens (tertiary/aromatic N) is 3. The number of ether oxygens (including phenoxy) is 2. The molecule has 10 heteroatoms. The molecule has 1 aliphatic rings. The van der Waals surface area contributed by atoms with Crippen LogP contribution in [0.4, 0.5) is 10.2 Å². The van der Waals surface area contributed by atoms with Crippen LogP contribution >= 0.6 is 11.8 Å². The Labute approximate surface area is 232 Å². The van der Waals surface area contributed by atoms with Crippen molar-refractivity contribution < 1.29 is 23.5 Å². The fraction of sp³-hybridized carbons (Fsp3) is 0.414. The molecule has 2 amide bonds. The summed E-state index contributed by atoms with van der Waals surface area (Å²) in [5.74, 6) is 1.06. The van der Waals surface area contributed by atoms with E-state index in [1.165, 1.54) is 28.8 Å². The third-order valence-corrected chi connectivity index (χ3v) is 7.70. The van der Waals surface area contributed by atoms with E-state index in [1.54, 1.807) is 31.0 Å². The van der Waals surface area contributed by atoms with Crippen LogP contribution in [0.1, 0.15) is 56.2 Å². The molecule has 39 heavy (non-hydrogen) atoms. The van der Waals surface area contributed by atoms with Crippen molar-refractivity contribution in [2.75, 3.05) is 38.0 Å². The van der Waals surface area contributed by atoms with Gasteiger partial charge in [0.05, 0.1) is 36.6 Å². The number of fused-ring (bicyclic) bond motifs is 1. The summed E-state index contributed by atoms with van der Waals surface area (Å²) in [4.78, 5) is 28.2. The monoisotopic (exact) mass is 554 g/mol. The van der Waals surface area contributed by atoms with E-state index in [9.17, 15) is 14.0 Å². The van der Waals surface area contributed by atoms with Gasteiger partial charge in [-0.25, -0.2) is 9.07 Å². The highest BCUT2D eigenvalue weighted by molar-refractivity contribution is 8.00. The number of nitrogens with one attached hydrogen (secondary N) is 1. The van der Waals surface area contributed by atoms with Gasteiger partial charge in [0.15, 0.2) is 0 Å². The van der Waals surface area contributed by atoms with E-state index in [-0.39, 0.29) is 35.2 Å². The Hall–Kier alpha value is -3.53. The Bertz CT molecular complexity index is 1350. The lowest BCUT2D eigenvalue weighted by molar-refractivity contribution is -0.122. The first kappa shape index (κ1) is 28.5. The summed E-state index contributed by atoms with van der Waals surface area (Å²) in [6.45, 7) is 8.49. The average Bonchev–Trinajstić information content (AvgIpc) is 3.25. The van der Waals surface area contributed by atoms with Crippen molar-refractivity contribution in [3.8, 4) is 17.2 Å². The second-order valence-corrected chi connectivity index (χ2v) is 11.4. The number of benzene rings is 2. The Kier molecular flexibility index (Phi) is 8.54. The fourth-order valence-corrected chi connectivity index (χ4v) is 5.80. The van der Waals surface area contributed by atoms with Crippen LogP contribution in [0.3, 0.4) is 0 Å². The number of aromatic nitrogens is 2. The minimum Gasteiger partial charge on any atom is -0.497 e. The van der Waals surface area contributed by atoms with Crippen molar-refractivity contribution in [2.45, 2.75) is 44.8 Å². The van der Waals surface area contributed by atoms with Gasteiger partial charge in [0, 0.05) is 23.1 Å². The molecule has 2 aromatic carbocycles. The van der Waals surface area contributed by atoms with Crippen LogP contribution in [0, 0.1) is 5.82 Å². The van der Waals surface area contributed by atoms with E-state index in [2.05, 4.69) is 26.1 Å². The van der Waals surface area contributed by atoms with Gasteiger partial charge in [0.25, 0.3) is 0 Å². The van der Waals surface area contributed by atoms with Crippen LogP contribution in [-0.4, -0.2) is 54.7 Å². The first-order chi connectivity index (χ1) is 18.6. The number of halogens is 1. The minimum absolute atomic E-state index is 0.133. The summed E-state index contributed by atoms with van der Waals surface area (Å²) in [7, 11) is 3.21. The Morgan fingerprint density at radius 3 is 2.49 bits per heavy atom. The minimum atomic E-state index is -0.427. The van der Waals surface area contributed by atoms with Crippen LogP contribution in [0.5, 0.6) is 11.5 Å². The molecule has 1 N–H and O–H groups in total. The number of rotatable bonds is 8. The van der Waals surface area contributed by atoms with E-state index in [1.807, 2.05) is 25.1 Å². The Morgan fingerprint density at radius 1 is 1.15 bits per heavy atom. The summed E-state index contributed by atoms with van der Waals surface area (Å²) in [6, 6.07) is 11.5. The van der Waals surface area contributed by atoms with Crippen molar-refractivity contribution in [3.05, 3.63) is 65.1 Å². The van der Waals surface area contributed by atoms with Gasteiger partial charge in [0.2, 0.25) is 11.8 Å². The third-order valence-electron chi connectivity index (χ3n) is 6.46. The van der Waals surface area contributed by atoms with Crippen LogP contribution in [0.15, 0.2) is 42.5 Å². The van der Waals surface area contributed by atoms with Crippen molar-refractivity contribution in [1.82, 2.24) is 15.1 Å². The molecule has 1 aliphatic heterocycles. The topological polar surface area (TPSA) is 85.7 Å². The highest BCUT2D eigenvalue weighted by Crippen LogP contribution is 2.50. The van der Waals surface area contributed by atoms with E-state index < -0.39 is 5.41 Å². The number of amides is 2. The van der Waals surface area contributed by atoms with Gasteiger partial charge in [-0.1, -0.05) is 27.7 Å². The van der Waals surface area contributed by atoms with E-state index in [4.69, 9.17) is 14.6 Å². The smallest absolute Gasteiger partial charge is 0.240 e. The maximum Gasteiger partial charge on any atom is 0.240 e. The number of anilines is 1. The van der Waals surface area contributed by atoms with Gasteiger partial charge in [-0.15, -0.1) is 11.8 Å². The van der Waals surface area contributed by atoms with Crippen LogP contribution in [-0.2, 0) is 15.0 Å². The lowest BCUT2D eigenvalue weighted by Crippen LogP contribution is -2.42. The predicted octanol–water partition coefficient (Wildman–Crippen LogP) is 5.02. The normalized spacial score (nSPS) is 15.5. The fourth-order valence-electron chi connectivity index (χ4n) is 4.59. The van der Waals surface area contributed by atoms with Gasteiger partial charge in [0.1, 0.15) is 29.7 Å². The maximum atomic E-state index is 13.9. The summed E-state index contributed by atoms with van der Waals surface area (Å²) < 4.78 is 26.8. The van der Waals surface area contributed by atoms with Crippen molar-refractivity contribution >= 4 is 29.4 Å². The molecule has 4 rings (SSSR count). The van der Waals surface area contributed by atoms with Gasteiger partial charge in [-0.2, -0.15) is 5.10 Å². The maximum absolute atomic E-state index is 13.9. The number of carbonyl (C=O) groups excluding carboxylic acids is 2. The summed E-state index contributed by atoms with van der Waals surface area (Å²) in [5, 5.41) is 7.53. The van der Waals surface area contributed by atoms with Crippen molar-refractivity contribution in [2.24, 2.45) is 0 Å². The van der Waals surface area contributed by atoms with E-state index >= 15 is 0 Å². The largest absolute Gasteiger partial charge is 0.497 e. The SMILES string of the molecule is CCCNC(=O)CN1C(=O)CSC(c2cc(OC)ccc2OC)c2c(C(C)(C)C)nn(-c3ccc(F)cc3)c21. The molecule has 0 bridgehead atoms. The van der Waals surface area contributed by atoms with Crippen LogP contribution in [0.25, 0.3) is 5.69 Å². The lowest BCUT2D eigenvalue weighted by atomic mass is 9.87. The first-order valence-electron chi connectivity index (χ1n) is 12.9. The zero-order chi connectivity index (χ0) is 28.3. The summed E-state index contributed by atoms with van der Waals surface area (Å²) in [6.07, 6.45) is 0.778. The van der Waals surface area contributed by atoms with Crippen LogP contribution < -0.4 is 19.7 Å². The number of thioether (sulfide) groups is 1. The quantitative estimate of drug-likeness (QED) is 0.421. The van der Waals surface area contributed by atoms with Gasteiger partial charge in [-0.3, -0.25) is 14.5 Å². The highest BCUT2D eigenvalue weighted by atomic mass is 32.2. The summed E-state index contributed by atoms with van der Waals surface area (Å²) >= 11 is 1.45. The lowest BCUT2D eigenvalue weighted by Gasteiger charge is -2.25. The van der Waals surface area contributed by atoms with Crippen LogP contribution in [0.2, 0.25) is 0 Å². The predicted molar refractivity (Wildman–Crippen MR) is 152 cm³/mol. The van der Waals surface area contributed by atoms with Crippen molar-refractivity contribution in [3.63, 3.8) is 0 Å². The average molecular weight is 555 g/mol. The third kappa shape index (κ3) is 5.90. The molecule has 0 saturated heterocycles. The van der Waals surface area contributed by atoms with Gasteiger partial charge >= 0.3 is 0 Å². The molecular weight excluding hydrogens is 519 g/mol. The molecule has 1 atom stereocenters. The zero-order valence-electron chi connectivity index (χ0n) is 23.2. The molecular formula is C29H35FN4O4S. The number of carbonyl (C=O) groups is 2. The van der Waals surface area contributed by atoms with E-state index in [0.29, 0.717) is 29.5 Å². The molecule has 208 valence electrons. The second-order valence-electron chi connectivity index (χ2n) is 10.4. The molecule has 0 radical (unpaired) electrons. The van der Waals surface area contributed by atoms with E-state index in [0.717, 1.165) is 23.2 Å². The highest BCUT2D eigenvalue weighted by Gasteiger charge is 2.40. The first-order valence-corrected chi connectivity index (χ1v) is 13.9. The number of hydrogen-bond acceptors (Lipinski definition) is 6. The molecule has 3 aromatic rings. The molecule has 0 fully saturated rings. The molecule has 0 aliphatic carbocycles. The Morgan fingerprint density at radius 2 is 1.87 bits per heavy atom. The molecule has 0 spiro atoms. The molecule has 1 aromatic heterocycles. The summed E-state index contributed by atoms with van der Waals surface area (Å²) in [5.41, 5.74) is 2.55. The second kappa shape index (κ2) is 11.7. The number of hydrogen-bond donors (Lipinski definition) is 1. The molecule has 0 saturated carbocycles. The van der Waals surface area contributed by atoms with Gasteiger partial charge in [-0.05, 0) is 48.9 Å². The van der Waals surface area contributed by atoms with Gasteiger partial charge < -0.3 is 14.8 Å². The molecule has 2 heterocycles. The standard InChI is InChI=1S/C29H35FN4O4S/c1-7-14-31-23(35)16-33-24(36)17-39-26(21-15-20(37-5)12-13-22(21)38-6)25-27(29(2,3)4)32-34(28(25)33)19-10-8-18(30)9-11-19/h8-13,15,26H,7,14,16-17H2,1-6H3,(H,31,35).